The van der Waals surface area contributed by atoms with Crippen molar-refractivity contribution in [3.8, 4) is 0 Å². The van der Waals surface area contributed by atoms with E-state index in [0.29, 0.717) is 24.5 Å². The van der Waals surface area contributed by atoms with Crippen LogP contribution in [0.3, 0.4) is 0 Å². The van der Waals surface area contributed by atoms with Gasteiger partial charge in [0.2, 0.25) is 0 Å². The number of fused-ring (bicyclic) bond motifs is 3. The standard InChI is InChI=1S/C19H24ClN3O5S/c1-3-12(2)21-18(24)11-28-19(25)13-9-16-15(10-14(13)20)23-8-6-4-5-7-17(23)22-29(16,26)27/h9-10,12H,3-8,11H2,1-2H3,(H,21,24)/t12-/m0/s1. The highest BCUT2D eigenvalue weighted by molar-refractivity contribution is 7.90. The summed E-state index contributed by atoms with van der Waals surface area (Å²) in [5.41, 5.74) is 0.312. The lowest BCUT2D eigenvalue weighted by Crippen LogP contribution is -2.36. The van der Waals surface area contributed by atoms with E-state index in [4.69, 9.17) is 16.3 Å². The smallest absolute Gasteiger partial charge is 0.340 e. The van der Waals surface area contributed by atoms with Gasteiger partial charge in [0.15, 0.2) is 6.61 Å². The number of hydrogen-bond donors (Lipinski definition) is 1. The van der Waals surface area contributed by atoms with E-state index < -0.39 is 28.5 Å². The van der Waals surface area contributed by atoms with Crippen molar-refractivity contribution >= 4 is 45.0 Å². The minimum atomic E-state index is -3.95. The molecule has 1 saturated heterocycles. The van der Waals surface area contributed by atoms with Crippen molar-refractivity contribution in [2.75, 3.05) is 18.1 Å². The quantitative estimate of drug-likeness (QED) is 0.704. The number of hydrogen-bond acceptors (Lipinski definition) is 6. The fraction of sp³-hybridized carbons (Fsp3) is 0.526. The summed E-state index contributed by atoms with van der Waals surface area (Å²) in [6, 6.07) is 2.61. The van der Waals surface area contributed by atoms with Crippen LogP contribution < -0.4 is 10.2 Å². The van der Waals surface area contributed by atoms with Crippen LogP contribution >= 0.6 is 11.6 Å². The third-order valence-corrected chi connectivity index (χ3v) is 6.66. The largest absolute Gasteiger partial charge is 0.452 e. The van der Waals surface area contributed by atoms with Crippen molar-refractivity contribution in [3.05, 3.63) is 22.7 Å². The van der Waals surface area contributed by atoms with Crippen LogP contribution in [-0.2, 0) is 19.6 Å². The Hall–Kier alpha value is -2.13. The second kappa shape index (κ2) is 8.71. The zero-order valence-electron chi connectivity index (χ0n) is 16.4. The molecule has 8 nitrogen and oxygen atoms in total. The number of carbonyl (C=O) groups excluding carboxylic acids is 2. The number of ether oxygens (including phenoxy) is 1. The zero-order chi connectivity index (χ0) is 21.2. The van der Waals surface area contributed by atoms with Gasteiger partial charge < -0.3 is 15.0 Å². The van der Waals surface area contributed by atoms with Gasteiger partial charge in [-0.2, -0.15) is 8.42 Å². The van der Waals surface area contributed by atoms with E-state index >= 15 is 0 Å². The molecular formula is C19H24ClN3O5S. The van der Waals surface area contributed by atoms with E-state index in [0.717, 1.165) is 25.7 Å². The van der Waals surface area contributed by atoms with Crippen LogP contribution in [0.1, 0.15) is 56.3 Å². The summed E-state index contributed by atoms with van der Waals surface area (Å²) < 4.78 is 34.3. The lowest BCUT2D eigenvalue weighted by atomic mass is 10.1. The number of anilines is 1. The first-order chi connectivity index (χ1) is 13.7. The van der Waals surface area contributed by atoms with E-state index in [-0.39, 0.29) is 21.5 Å². The molecule has 0 aliphatic carbocycles. The fourth-order valence-corrected chi connectivity index (χ4v) is 4.78. The van der Waals surface area contributed by atoms with Crippen LogP contribution in [0.25, 0.3) is 0 Å². The maximum atomic E-state index is 12.7. The normalized spacial score (nSPS) is 18.6. The molecule has 1 N–H and O–H groups in total. The summed E-state index contributed by atoms with van der Waals surface area (Å²) in [5, 5.41) is 2.75. The van der Waals surface area contributed by atoms with Gasteiger partial charge in [0.1, 0.15) is 10.7 Å². The van der Waals surface area contributed by atoms with Gasteiger partial charge in [-0.3, -0.25) is 4.79 Å². The Labute approximate surface area is 175 Å². The van der Waals surface area contributed by atoms with Crippen LogP contribution in [0.15, 0.2) is 21.4 Å². The van der Waals surface area contributed by atoms with Gasteiger partial charge in [-0.1, -0.05) is 24.9 Å². The Morgan fingerprint density at radius 3 is 2.79 bits per heavy atom. The molecule has 2 aliphatic heterocycles. The molecule has 0 bridgehead atoms. The molecule has 0 radical (unpaired) electrons. The third-order valence-electron chi connectivity index (χ3n) is 5.01. The van der Waals surface area contributed by atoms with Gasteiger partial charge in [-0.05, 0) is 38.3 Å². The Balaban J connectivity index is 1.86. The highest BCUT2D eigenvalue weighted by Gasteiger charge is 2.33. The number of esters is 1. The van der Waals surface area contributed by atoms with E-state index in [1.807, 2.05) is 18.7 Å². The summed E-state index contributed by atoms with van der Waals surface area (Å²) in [6.07, 6.45) is 4.09. The van der Waals surface area contributed by atoms with E-state index in [1.54, 1.807) is 0 Å². The molecule has 3 rings (SSSR count). The highest BCUT2D eigenvalue weighted by Crippen LogP contribution is 2.38. The number of sulfonamides is 1. The van der Waals surface area contributed by atoms with Crippen molar-refractivity contribution < 1.29 is 22.7 Å². The molecule has 0 aromatic heterocycles. The summed E-state index contributed by atoms with van der Waals surface area (Å²) in [7, 11) is -3.95. The van der Waals surface area contributed by atoms with Crippen molar-refractivity contribution in [2.24, 2.45) is 4.40 Å². The number of halogens is 1. The SMILES string of the molecule is CC[C@H](C)NC(=O)COC(=O)c1cc2c(cc1Cl)N1CCCCCC1=NS2(=O)=O. The van der Waals surface area contributed by atoms with Crippen molar-refractivity contribution in [1.29, 1.82) is 0 Å². The molecule has 1 atom stereocenters. The molecule has 0 unspecified atom stereocenters. The minimum absolute atomic E-state index is 0.0423. The average molecular weight is 442 g/mol. The van der Waals surface area contributed by atoms with Crippen LogP contribution in [0, 0.1) is 0 Å². The summed E-state index contributed by atoms with van der Waals surface area (Å²) >= 11 is 6.28. The van der Waals surface area contributed by atoms with E-state index in [2.05, 4.69) is 9.71 Å². The number of amidine groups is 1. The first kappa shape index (κ1) is 21.6. The summed E-state index contributed by atoms with van der Waals surface area (Å²) in [6.45, 7) is 3.92. The van der Waals surface area contributed by atoms with Crippen LogP contribution in [0.4, 0.5) is 5.69 Å². The Bertz CT molecular complexity index is 961. The number of amides is 1. The zero-order valence-corrected chi connectivity index (χ0v) is 18.0. The lowest BCUT2D eigenvalue weighted by molar-refractivity contribution is -0.124. The van der Waals surface area contributed by atoms with Crippen LogP contribution in [-0.4, -0.2) is 45.3 Å². The molecule has 2 aliphatic rings. The Kier molecular flexibility index (Phi) is 6.48. The number of nitrogens with one attached hydrogen (secondary N) is 1. The van der Waals surface area contributed by atoms with Gasteiger partial charge in [-0.15, -0.1) is 4.40 Å². The Morgan fingerprint density at radius 1 is 1.31 bits per heavy atom. The van der Waals surface area contributed by atoms with Crippen LogP contribution in [0.5, 0.6) is 0 Å². The molecule has 0 spiro atoms. The Morgan fingerprint density at radius 2 is 2.07 bits per heavy atom. The lowest BCUT2D eigenvalue weighted by Gasteiger charge is -2.30. The monoisotopic (exact) mass is 441 g/mol. The summed E-state index contributed by atoms with van der Waals surface area (Å²) in [5.74, 6) is -0.797. The first-order valence-electron chi connectivity index (χ1n) is 9.64. The number of benzene rings is 1. The van der Waals surface area contributed by atoms with Crippen molar-refractivity contribution in [1.82, 2.24) is 5.32 Å². The molecule has 1 amide bonds. The van der Waals surface area contributed by atoms with Gasteiger partial charge in [0.05, 0.1) is 16.3 Å². The van der Waals surface area contributed by atoms with Crippen LogP contribution in [0.2, 0.25) is 5.02 Å². The van der Waals surface area contributed by atoms with Gasteiger partial charge in [0.25, 0.3) is 15.9 Å². The first-order valence-corrected chi connectivity index (χ1v) is 11.5. The number of rotatable bonds is 5. The van der Waals surface area contributed by atoms with E-state index in [1.165, 1.54) is 12.1 Å². The average Bonchev–Trinajstić information content (AvgIpc) is 2.90. The highest BCUT2D eigenvalue weighted by atomic mass is 35.5. The molecule has 0 saturated carbocycles. The van der Waals surface area contributed by atoms with Gasteiger partial charge in [-0.25, -0.2) is 4.79 Å². The molecule has 10 heteroatoms. The topological polar surface area (TPSA) is 105 Å². The second-order valence-electron chi connectivity index (χ2n) is 7.20. The molecule has 2 heterocycles. The number of carbonyl (C=O) groups is 2. The predicted octanol–water partition coefficient (Wildman–Crippen LogP) is 2.89. The number of nitrogens with zero attached hydrogens (tertiary/aromatic N) is 2. The molecular weight excluding hydrogens is 418 g/mol. The fourth-order valence-electron chi connectivity index (χ4n) is 3.28. The summed E-state index contributed by atoms with van der Waals surface area (Å²) in [4.78, 5) is 26.0. The maximum absolute atomic E-state index is 12.7. The third kappa shape index (κ3) is 4.72. The van der Waals surface area contributed by atoms with Crippen molar-refractivity contribution in [3.63, 3.8) is 0 Å². The van der Waals surface area contributed by atoms with Crippen molar-refractivity contribution in [2.45, 2.75) is 56.9 Å². The molecule has 29 heavy (non-hydrogen) atoms. The predicted molar refractivity (Wildman–Crippen MR) is 110 cm³/mol. The van der Waals surface area contributed by atoms with Gasteiger partial charge in [0, 0.05) is 19.0 Å². The second-order valence-corrected chi connectivity index (χ2v) is 9.18. The maximum Gasteiger partial charge on any atom is 0.340 e. The minimum Gasteiger partial charge on any atom is -0.452 e. The van der Waals surface area contributed by atoms with E-state index in [9.17, 15) is 18.0 Å². The molecule has 158 valence electrons. The van der Waals surface area contributed by atoms with Gasteiger partial charge >= 0.3 is 5.97 Å². The molecule has 1 aromatic carbocycles. The molecule has 1 aromatic rings. The molecule has 1 fully saturated rings.